The summed E-state index contributed by atoms with van der Waals surface area (Å²) in [6.45, 7) is 1.67. The van der Waals surface area contributed by atoms with Crippen LogP contribution in [0, 0.1) is 0 Å². The Hall–Kier alpha value is -1.44. The van der Waals surface area contributed by atoms with Gasteiger partial charge in [-0.1, -0.05) is 16.8 Å². The second-order valence-corrected chi connectivity index (χ2v) is 6.43. The normalized spacial score (nSPS) is 16.0. The van der Waals surface area contributed by atoms with Gasteiger partial charge in [0.15, 0.2) is 5.82 Å². The smallest absolute Gasteiger partial charge is 0.261 e. The molecule has 1 amide bonds. The standard InChI is InChI=1S/C13H14ClN3O3S/c14-10-2-1-9(21-10)13(18)15-7-11-16-12(17-20-11)8-3-5-19-6-4-8/h1-2,8H,3-7H2,(H,15,18). The predicted octanol–water partition coefficient (Wildman–Crippen LogP) is 2.61. The highest BCUT2D eigenvalue weighted by atomic mass is 35.5. The summed E-state index contributed by atoms with van der Waals surface area (Å²) in [6, 6.07) is 3.38. The third kappa shape index (κ3) is 3.61. The number of thiophene rings is 1. The molecule has 1 fully saturated rings. The van der Waals surface area contributed by atoms with Crippen molar-refractivity contribution >= 4 is 28.8 Å². The van der Waals surface area contributed by atoms with Crippen LogP contribution in [0.4, 0.5) is 0 Å². The molecule has 2 aromatic heterocycles. The van der Waals surface area contributed by atoms with Crippen LogP contribution < -0.4 is 5.32 Å². The Balaban J connectivity index is 1.56. The number of ether oxygens (including phenoxy) is 1. The van der Waals surface area contributed by atoms with Crippen molar-refractivity contribution in [3.8, 4) is 0 Å². The minimum atomic E-state index is -0.197. The van der Waals surface area contributed by atoms with Gasteiger partial charge in [-0.05, 0) is 25.0 Å². The molecule has 3 heterocycles. The Kier molecular flexibility index (Phi) is 4.52. The van der Waals surface area contributed by atoms with Crippen molar-refractivity contribution in [2.75, 3.05) is 13.2 Å². The number of carbonyl (C=O) groups excluding carboxylic acids is 1. The molecule has 0 aromatic carbocycles. The first-order chi connectivity index (χ1) is 10.2. The molecule has 1 saturated heterocycles. The Morgan fingerprint density at radius 3 is 2.95 bits per heavy atom. The van der Waals surface area contributed by atoms with Crippen LogP contribution in [0.5, 0.6) is 0 Å². The van der Waals surface area contributed by atoms with Crippen LogP contribution in [0.1, 0.15) is 40.1 Å². The number of nitrogens with zero attached hydrogens (tertiary/aromatic N) is 2. The molecule has 1 aliphatic heterocycles. The molecular formula is C13H14ClN3O3S. The summed E-state index contributed by atoms with van der Waals surface area (Å²) in [6.07, 6.45) is 1.80. The van der Waals surface area contributed by atoms with Crippen LogP contribution in [0.15, 0.2) is 16.7 Å². The first kappa shape index (κ1) is 14.5. The van der Waals surface area contributed by atoms with Crippen LogP contribution in [0.3, 0.4) is 0 Å². The number of carbonyl (C=O) groups is 1. The van der Waals surface area contributed by atoms with E-state index in [9.17, 15) is 4.79 Å². The average molecular weight is 328 g/mol. The van der Waals surface area contributed by atoms with E-state index >= 15 is 0 Å². The highest BCUT2D eigenvalue weighted by molar-refractivity contribution is 7.17. The summed E-state index contributed by atoms with van der Waals surface area (Å²) in [5, 5.41) is 6.72. The van der Waals surface area contributed by atoms with Crippen LogP contribution in [0.25, 0.3) is 0 Å². The molecular weight excluding hydrogens is 314 g/mol. The van der Waals surface area contributed by atoms with Gasteiger partial charge in [-0.25, -0.2) is 0 Å². The summed E-state index contributed by atoms with van der Waals surface area (Å²) in [5.74, 6) is 1.19. The van der Waals surface area contributed by atoms with Gasteiger partial charge in [0.25, 0.3) is 5.91 Å². The fourth-order valence-corrected chi connectivity index (χ4v) is 3.10. The van der Waals surface area contributed by atoms with Crippen LogP contribution in [-0.4, -0.2) is 29.3 Å². The minimum Gasteiger partial charge on any atom is -0.381 e. The lowest BCUT2D eigenvalue weighted by Gasteiger charge is -2.18. The van der Waals surface area contributed by atoms with Gasteiger partial charge in [0.1, 0.15) is 0 Å². The maximum atomic E-state index is 11.9. The van der Waals surface area contributed by atoms with E-state index in [1.54, 1.807) is 12.1 Å². The topological polar surface area (TPSA) is 77.2 Å². The number of hydrogen-bond acceptors (Lipinski definition) is 6. The number of amides is 1. The number of rotatable bonds is 4. The first-order valence-corrected chi connectivity index (χ1v) is 7.85. The molecule has 0 unspecified atom stereocenters. The predicted molar refractivity (Wildman–Crippen MR) is 77.6 cm³/mol. The van der Waals surface area contributed by atoms with Crippen molar-refractivity contribution in [3.63, 3.8) is 0 Å². The highest BCUT2D eigenvalue weighted by Gasteiger charge is 2.21. The first-order valence-electron chi connectivity index (χ1n) is 6.66. The molecule has 0 aliphatic carbocycles. The summed E-state index contributed by atoms with van der Waals surface area (Å²) in [5.41, 5.74) is 0. The fourth-order valence-electron chi connectivity index (χ4n) is 2.14. The maximum absolute atomic E-state index is 11.9. The van der Waals surface area contributed by atoms with E-state index in [0.717, 1.165) is 26.1 Å². The Morgan fingerprint density at radius 1 is 1.43 bits per heavy atom. The van der Waals surface area contributed by atoms with Crippen LogP contribution in [0.2, 0.25) is 4.34 Å². The van der Waals surface area contributed by atoms with E-state index in [1.165, 1.54) is 11.3 Å². The van der Waals surface area contributed by atoms with Crippen molar-refractivity contribution in [1.29, 1.82) is 0 Å². The summed E-state index contributed by atoms with van der Waals surface area (Å²) >= 11 is 7.03. The molecule has 0 bridgehead atoms. The van der Waals surface area contributed by atoms with Crippen molar-refractivity contribution in [2.24, 2.45) is 0 Å². The molecule has 1 aliphatic rings. The summed E-state index contributed by atoms with van der Waals surface area (Å²) in [7, 11) is 0. The van der Waals surface area contributed by atoms with Gasteiger partial charge in [0.2, 0.25) is 5.89 Å². The quantitative estimate of drug-likeness (QED) is 0.934. The number of hydrogen-bond donors (Lipinski definition) is 1. The SMILES string of the molecule is O=C(NCc1nc(C2CCOCC2)no1)c1ccc(Cl)s1. The minimum absolute atomic E-state index is 0.197. The molecule has 112 valence electrons. The lowest BCUT2D eigenvalue weighted by atomic mass is 10.00. The third-order valence-electron chi connectivity index (χ3n) is 3.27. The van der Waals surface area contributed by atoms with Crippen molar-refractivity contribution < 1.29 is 14.1 Å². The highest BCUT2D eigenvalue weighted by Crippen LogP contribution is 2.24. The molecule has 8 heteroatoms. The zero-order valence-corrected chi connectivity index (χ0v) is 12.7. The molecule has 21 heavy (non-hydrogen) atoms. The molecule has 3 rings (SSSR count). The van der Waals surface area contributed by atoms with E-state index in [1.807, 2.05) is 0 Å². The van der Waals surface area contributed by atoms with E-state index in [-0.39, 0.29) is 18.4 Å². The monoisotopic (exact) mass is 327 g/mol. The molecule has 1 N–H and O–H groups in total. The van der Waals surface area contributed by atoms with Crippen LogP contribution >= 0.6 is 22.9 Å². The van der Waals surface area contributed by atoms with E-state index in [0.29, 0.717) is 20.9 Å². The third-order valence-corrected chi connectivity index (χ3v) is 4.50. The van der Waals surface area contributed by atoms with Gasteiger partial charge in [0.05, 0.1) is 15.8 Å². The molecule has 2 aromatic rings. The van der Waals surface area contributed by atoms with Gasteiger partial charge in [-0.3, -0.25) is 4.79 Å². The summed E-state index contributed by atoms with van der Waals surface area (Å²) < 4.78 is 11.1. The van der Waals surface area contributed by atoms with Gasteiger partial charge in [-0.2, -0.15) is 4.98 Å². The van der Waals surface area contributed by atoms with E-state index in [4.69, 9.17) is 20.9 Å². The van der Waals surface area contributed by atoms with Crippen molar-refractivity contribution in [1.82, 2.24) is 15.5 Å². The molecule has 0 spiro atoms. The molecule has 0 saturated carbocycles. The number of nitrogens with one attached hydrogen (secondary N) is 1. The summed E-state index contributed by atoms with van der Waals surface area (Å²) in [4.78, 5) is 16.8. The van der Waals surface area contributed by atoms with E-state index < -0.39 is 0 Å². The molecule has 0 atom stereocenters. The molecule has 0 radical (unpaired) electrons. The van der Waals surface area contributed by atoms with Gasteiger partial charge < -0.3 is 14.6 Å². The van der Waals surface area contributed by atoms with Gasteiger partial charge in [0, 0.05) is 19.1 Å². The van der Waals surface area contributed by atoms with Crippen molar-refractivity contribution in [3.05, 3.63) is 33.1 Å². The zero-order valence-electron chi connectivity index (χ0n) is 11.2. The zero-order chi connectivity index (χ0) is 14.7. The lowest BCUT2D eigenvalue weighted by molar-refractivity contribution is 0.0830. The fraction of sp³-hybridized carbons (Fsp3) is 0.462. The second kappa shape index (κ2) is 6.55. The maximum Gasteiger partial charge on any atom is 0.261 e. The Morgan fingerprint density at radius 2 is 2.24 bits per heavy atom. The van der Waals surface area contributed by atoms with Gasteiger partial charge >= 0.3 is 0 Å². The average Bonchev–Trinajstić information content (AvgIpc) is 3.15. The second-order valence-electron chi connectivity index (χ2n) is 4.72. The Labute approximate surface area is 130 Å². The number of halogens is 1. The lowest BCUT2D eigenvalue weighted by Crippen LogP contribution is -2.22. The van der Waals surface area contributed by atoms with Crippen molar-refractivity contribution in [2.45, 2.75) is 25.3 Å². The van der Waals surface area contributed by atoms with E-state index in [2.05, 4.69) is 15.5 Å². The Bertz CT molecular complexity index is 622. The van der Waals surface area contributed by atoms with Gasteiger partial charge in [-0.15, -0.1) is 11.3 Å². The largest absolute Gasteiger partial charge is 0.381 e. The number of aromatic nitrogens is 2. The van der Waals surface area contributed by atoms with Crippen LogP contribution in [-0.2, 0) is 11.3 Å². The molecule has 6 nitrogen and oxygen atoms in total.